The van der Waals surface area contributed by atoms with Crippen molar-refractivity contribution < 1.29 is 17.9 Å². The molecule has 2 aliphatic heterocycles. The number of ether oxygens (including phenoxy) is 1. The quantitative estimate of drug-likeness (QED) is 0.589. The molecule has 0 bridgehead atoms. The predicted octanol–water partition coefficient (Wildman–Crippen LogP) is 1.10. The highest BCUT2D eigenvalue weighted by Crippen LogP contribution is 2.20. The van der Waals surface area contributed by atoms with Crippen molar-refractivity contribution in [2.24, 2.45) is 0 Å². The maximum Gasteiger partial charge on any atom is 0.264 e. The molecule has 3 heterocycles. The maximum absolute atomic E-state index is 13.2. The number of aromatic nitrogens is 1. The molecule has 1 aromatic carbocycles. The Hall–Kier alpha value is -4.05. The number of fused-ring (bicyclic) bond motifs is 1. The molecule has 1 aromatic heterocycles. The highest BCUT2D eigenvalue weighted by molar-refractivity contribution is 8.01. The van der Waals surface area contributed by atoms with Gasteiger partial charge in [-0.2, -0.15) is 0 Å². The molecule has 9 nitrogen and oxygen atoms in total. The number of nitrogens with one attached hydrogen (secondary N) is 2. The summed E-state index contributed by atoms with van der Waals surface area (Å²) in [6.45, 7) is 3.27. The van der Waals surface area contributed by atoms with Gasteiger partial charge in [0.25, 0.3) is 15.9 Å². The van der Waals surface area contributed by atoms with E-state index in [1.807, 2.05) is 29.2 Å². The van der Waals surface area contributed by atoms with Crippen molar-refractivity contribution >= 4 is 32.6 Å². The summed E-state index contributed by atoms with van der Waals surface area (Å²) in [5.41, 5.74) is 1.88. The lowest BCUT2D eigenvalue weighted by Crippen LogP contribution is -2.48. The monoisotopic (exact) mass is 519 g/mol. The Morgan fingerprint density at radius 1 is 1.05 bits per heavy atom. The van der Waals surface area contributed by atoms with Crippen molar-refractivity contribution in [3.05, 3.63) is 94.6 Å². The number of hydrogen-bond donors (Lipinski definition) is 2. The minimum absolute atomic E-state index is 0.0814. The first-order chi connectivity index (χ1) is 18.0. The fourth-order valence-electron chi connectivity index (χ4n) is 4.59. The molecule has 1 aliphatic carbocycles. The van der Waals surface area contributed by atoms with E-state index >= 15 is 0 Å². The van der Waals surface area contributed by atoms with Gasteiger partial charge in [-0.15, -0.1) is 0 Å². The number of sulfonamides is 1. The van der Waals surface area contributed by atoms with Crippen molar-refractivity contribution in [2.75, 3.05) is 44.6 Å². The van der Waals surface area contributed by atoms with Crippen molar-refractivity contribution in [3.8, 4) is 0 Å². The second-order valence-electron chi connectivity index (χ2n) is 8.81. The van der Waals surface area contributed by atoms with Gasteiger partial charge in [0.2, 0.25) is 5.88 Å². The number of methoxy groups -OCH3 is 1. The highest BCUT2D eigenvalue weighted by Gasteiger charge is 2.25. The van der Waals surface area contributed by atoms with Crippen LogP contribution in [0.15, 0.2) is 78.5 Å². The molecule has 0 saturated carbocycles. The molecule has 192 valence electrons. The van der Waals surface area contributed by atoms with Crippen molar-refractivity contribution in [1.82, 2.24) is 20.1 Å². The van der Waals surface area contributed by atoms with Gasteiger partial charge in [0.05, 0.1) is 18.2 Å². The second-order valence-corrected chi connectivity index (χ2v) is 10.5. The van der Waals surface area contributed by atoms with E-state index in [0.29, 0.717) is 49.2 Å². The average Bonchev–Trinajstić information content (AvgIpc) is 3.16. The minimum atomic E-state index is -3.88. The van der Waals surface area contributed by atoms with Gasteiger partial charge in [0.1, 0.15) is 4.91 Å². The third kappa shape index (κ3) is 5.24. The van der Waals surface area contributed by atoms with Gasteiger partial charge in [-0.25, -0.2) is 8.42 Å². The highest BCUT2D eigenvalue weighted by atomic mass is 32.2. The number of nitrogens with zero attached hydrogens (tertiary/aromatic N) is 3. The van der Waals surface area contributed by atoms with E-state index in [9.17, 15) is 13.2 Å². The Kier molecular flexibility index (Phi) is 7.00. The lowest BCUT2D eigenvalue weighted by molar-refractivity contribution is 0.0666. The molecule has 2 N–H and O–H groups in total. The zero-order valence-corrected chi connectivity index (χ0v) is 21.4. The van der Waals surface area contributed by atoms with Crippen LogP contribution in [-0.2, 0) is 14.8 Å². The zero-order chi connectivity index (χ0) is 25.8. The smallest absolute Gasteiger partial charge is 0.264 e. The molecule has 1 fully saturated rings. The molecular weight excluding hydrogens is 490 g/mol. The number of piperazine rings is 1. The van der Waals surface area contributed by atoms with E-state index in [1.54, 1.807) is 55.8 Å². The van der Waals surface area contributed by atoms with Crippen molar-refractivity contribution in [2.45, 2.75) is 6.42 Å². The van der Waals surface area contributed by atoms with E-state index < -0.39 is 10.0 Å². The van der Waals surface area contributed by atoms with E-state index in [0.717, 1.165) is 23.3 Å². The number of amides is 1. The van der Waals surface area contributed by atoms with Gasteiger partial charge in [0.15, 0.2) is 0 Å². The number of carbonyl (C=O) groups is 1. The number of carbonyl (C=O) groups excluding carboxylic acids is 1. The lowest BCUT2D eigenvalue weighted by atomic mass is 10.1. The molecule has 2 aromatic rings. The van der Waals surface area contributed by atoms with E-state index in [4.69, 9.17) is 4.74 Å². The summed E-state index contributed by atoms with van der Waals surface area (Å²) in [6, 6.07) is 10.2. The van der Waals surface area contributed by atoms with Crippen LogP contribution < -0.4 is 20.6 Å². The van der Waals surface area contributed by atoms with Crippen LogP contribution in [0.25, 0.3) is 11.0 Å². The van der Waals surface area contributed by atoms with Crippen LogP contribution in [0.3, 0.4) is 0 Å². The van der Waals surface area contributed by atoms with Crippen molar-refractivity contribution in [1.29, 1.82) is 0 Å². The molecule has 3 aliphatic rings. The maximum atomic E-state index is 13.2. The molecule has 0 spiro atoms. The summed E-state index contributed by atoms with van der Waals surface area (Å²) in [4.78, 5) is 21.5. The van der Waals surface area contributed by atoms with Gasteiger partial charge in [-0.05, 0) is 54.1 Å². The Bertz CT molecular complexity index is 1500. The van der Waals surface area contributed by atoms with Gasteiger partial charge in [-0.3, -0.25) is 14.5 Å². The molecule has 37 heavy (non-hydrogen) atoms. The van der Waals surface area contributed by atoms with Crippen LogP contribution >= 0.6 is 0 Å². The van der Waals surface area contributed by atoms with E-state index in [2.05, 4.69) is 19.9 Å². The standard InChI is InChI=1S/C27H29N5O4S/c1-36-26-23(8-5-15-29-26)31-16-18-32(19-17-31)27(33)21-10-12-22(13-11-21)30-37(34,35)24-9-3-2-6-20-7-4-14-28-25(20)24/h3-14,29-30H,2,15-19H2,1H3. The third-order valence-corrected chi connectivity index (χ3v) is 7.90. The molecule has 0 unspecified atom stereocenters. The summed E-state index contributed by atoms with van der Waals surface area (Å²) in [7, 11) is -2.23. The topological polar surface area (TPSA) is 104 Å². The number of allylic oxidation sites excluding steroid dienone is 2. The summed E-state index contributed by atoms with van der Waals surface area (Å²) >= 11 is 0. The first-order valence-corrected chi connectivity index (χ1v) is 13.6. The number of pyridine rings is 1. The predicted molar refractivity (Wildman–Crippen MR) is 143 cm³/mol. The number of dihydropyridines is 1. The largest absolute Gasteiger partial charge is 0.481 e. The van der Waals surface area contributed by atoms with Crippen LogP contribution in [0, 0.1) is 0 Å². The van der Waals surface area contributed by atoms with Gasteiger partial charge < -0.3 is 19.9 Å². The molecule has 1 saturated heterocycles. The fourth-order valence-corrected chi connectivity index (χ4v) is 5.85. The van der Waals surface area contributed by atoms with E-state index in [1.165, 1.54) is 0 Å². The normalized spacial score (nSPS) is 17.5. The van der Waals surface area contributed by atoms with E-state index in [-0.39, 0.29) is 10.8 Å². The van der Waals surface area contributed by atoms with Crippen molar-refractivity contribution in [3.63, 3.8) is 0 Å². The first-order valence-electron chi connectivity index (χ1n) is 12.1. The third-order valence-electron chi connectivity index (χ3n) is 6.49. The molecule has 1 amide bonds. The van der Waals surface area contributed by atoms with Gasteiger partial charge in [-0.1, -0.05) is 24.3 Å². The van der Waals surface area contributed by atoms with Gasteiger partial charge in [0, 0.05) is 50.2 Å². The lowest BCUT2D eigenvalue weighted by Gasteiger charge is -2.37. The minimum Gasteiger partial charge on any atom is -0.481 e. The van der Waals surface area contributed by atoms with Crippen LogP contribution in [0.5, 0.6) is 0 Å². The van der Waals surface area contributed by atoms with Crippen LogP contribution in [-0.4, -0.2) is 68.9 Å². The molecule has 5 rings (SSSR count). The summed E-state index contributed by atoms with van der Waals surface area (Å²) in [5.74, 6) is 0.664. The summed E-state index contributed by atoms with van der Waals surface area (Å²) in [6.07, 6.45) is 11.6. The Morgan fingerprint density at radius 3 is 2.59 bits per heavy atom. The first kappa shape index (κ1) is 24.6. The van der Waals surface area contributed by atoms with Crippen LogP contribution in [0.4, 0.5) is 5.69 Å². The Balaban J connectivity index is 1.27. The molecular formula is C27H29N5O4S. The summed E-state index contributed by atoms with van der Waals surface area (Å²) < 4.78 is 34.4. The zero-order valence-electron chi connectivity index (χ0n) is 20.6. The second kappa shape index (κ2) is 10.5. The van der Waals surface area contributed by atoms with Crippen LogP contribution in [0.2, 0.25) is 0 Å². The molecule has 0 atom stereocenters. The Morgan fingerprint density at radius 2 is 1.84 bits per heavy atom. The van der Waals surface area contributed by atoms with Gasteiger partial charge >= 0.3 is 0 Å². The average molecular weight is 520 g/mol. The van der Waals surface area contributed by atoms with Crippen LogP contribution in [0.1, 0.15) is 16.8 Å². The fraction of sp³-hybridized carbons (Fsp3) is 0.259. The molecule has 10 heteroatoms. The Labute approximate surface area is 216 Å². The number of rotatable bonds is 6. The SMILES string of the molecule is COC1=C(N2CCN(C(=O)c3ccc(NS(=O)(=O)C4=c5ncccc5=CCC=C4)cc3)CC2)C=CCN1. The number of hydrogen-bond acceptors (Lipinski definition) is 7. The molecule has 0 radical (unpaired) electrons. The number of anilines is 1. The number of benzene rings is 1. The summed E-state index contributed by atoms with van der Waals surface area (Å²) in [5, 5.41) is 4.41.